The van der Waals surface area contributed by atoms with Crippen LogP contribution < -0.4 is 10.1 Å². The van der Waals surface area contributed by atoms with Crippen molar-refractivity contribution in [3.05, 3.63) is 24.3 Å². The van der Waals surface area contributed by atoms with Crippen LogP contribution in [0.2, 0.25) is 0 Å². The second-order valence-corrected chi connectivity index (χ2v) is 3.46. The van der Waals surface area contributed by atoms with Crippen LogP contribution in [0.15, 0.2) is 24.3 Å². The van der Waals surface area contributed by atoms with Crippen LogP contribution in [-0.2, 0) is 9.47 Å². The van der Waals surface area contributed by atoms with E-state index in [0.29, 0.717) is 26.4 Å². The van der Waals surface area contributed by atoms with Crippen LogP contribution in [-0.4, -0.2) is 40.1 Å². The molecule has 1 aromatic carbocycles. The normalized spacial score (nSPS) is 10.2. The van der Waals surface area contributed by atoms with E-state index in [4.69, 9.17) is 14.2 Å². The van der Waals surface area contributed by atoms with Gasteiger partial charge in [-0.1, -0.05) is 12.1 Å². The third-order valence-corrected chi connectivity index (χ3v) is 2.18. The highest BCUT2D eigenvalue weighted by Gasteiger charge is 2.00. The Bertz CT molecular complexity index is 304. The third-order valence-electron chi connectivity index (χ3n) is 2.18. The zero-order valence-corrected chi connectivity index (χ0v) is 10.6. The number of nitrogens with one attached hydrogen (secondary N) is 1. The lowest BCUT2D eigenvalue weighted by Gasteiger charge is -2.12. The Morgan fingerprint density at radius 1 is 1.12 bits per heavy atom. The van der Waals surface area contributed by atoms with E-state index < -0.39 is 0 Å². The molecule has 0 bridgehead atoms. The number of ether oxygens (including phenoxy) is 3. The highest BCUT2D eigenvalue weighted by molar-refractivity contribution is 5.56. The molecule has 17 heavy (non-hydrogen) atoms. The van der Waals surface area contributed by atoms with Crippen LogP contribution in [0.1, 0.15) is 6.92 Å². The molecule has 0 fully saturated rings. The molecule has 0 aliphatic carbocycles. The van der Waals surface area contributed by atoms with Crippen LogP contribution in [0.4, 0.5) is 5.69 Å². The Morgan fingerprint density at radius 2 is 1.94 bits per heavy atom. The van der Waals surface area contributed by atoms with Crippen LogP contribution >= 0.6 is 0 Å². The average Bonchev–Trinajstić information content (AvgIpc) is 2.36. The van der Waals surface area contributed by atoms with Gasteiger partial charge in [0.15, 0.2) is 0 Å². The van der Waals surface area contributed by atoms with Gasteiger partial charge in [0.05, 0.1) is 32.1 Å². The van der Waals surface area contributed by atoms with E-state index in [-0.39, 0.29) is 0 Å². The van der Waals surface area contributed by atoms with Gasteiger partial charge in [0.2, 0.25) is 0 Å². The Morgan fingerprint density at radius 3 is 2.71 bits per heavy atom. The Kier molecular flexibility index (Phi) is 7.18. The lowest BCUT2D eigenvalue weighted by Crippen LogP contribution is -2.12. The van der Waals surface area contributed by atoms with Crippen molar-refractivity contribution in [3.8, 4) is 5.75 Å². The molecule has 0 spiro atoms. The van der Waals surface area contributed by atoms with Crippen molar-refractivity contribution in [3.63, 3.8) is 0 Å². The van der Waals surface area contributed by atoms with Gasteiger partial charge in [-0.05, 0) is 19.1 Å². The molecule has 0 aliphatic heterocycles. The summed E-state index contributed by atoms with van der Waals surface area (Å²) < 4.78 is 15.8. The topological polar surface area (TPSA) is 39.7 Å². The number of methoxy groups -OCH3 is 1. The average molecular weight is 239 g/mol. The zero-order chi connectivity index (χ0) is 12.3. The minimum absolute atomic E-state index is 0.630. The molecular formula is C13H21NO3. The number of para-hydroxylation sites is 2. The van der Waals surface area contributed by atoms with E-state index in [1.165, 1.54) is 0 Å². The predicted molar refractivity (Wildman–Crippen MR) is 68.8 cm³/mol. The second kappa shape index (κ2) is 8.84. The van der Waals surface area contributed by atoms with E-state index in [1.807, 2.05) is 31.2 Å². The van der Waals surface area contributed by atoms with Gasteiger partial charge in [0.1, 0.15) is 5.75 Å². The maximum Gasteiger partial charge on any atom is 0.142 e. The van der Waals surface area contributed by atoms with Crippen molar-refractivity contribution in [1.29, 1.82) is 0 Å². The van der Waals surface area contributed by atoms with Crippen LogP contribution in [0, 0.1) is 0 Å². The minimum Gasteiger partial charge on any atom is -0.492 e. The number of hydrogen-bond donors (Lipinski definition) is 1. The minimum atomic E-state index is 0.630. The molecule has 1 N–H and O–H groups in total. The van der Waals surface area contributed by atoms with Crippen LogP contribution in [0.5, 0.6) is 5.75 Å². The van der Waals surface area contributed by atoms with Crippen molar-refractivity contribution >= 4 is 5.69 Å². The summed E-state index contributed by atoms with van der Waals surface area (Å²) in [5.74, 6) is 0.881. The summed E-state index contributed by atoms with van der Waals surface area (Å²) in [5, 5.41) is 3.28. The fourth-order valence-electron chi connectivity index (χ4n) is 1.40. The van der Waals surface area contributed by atoms with E-state index in [1.54, 1.807) is 7.11 Å². The first kappa shape index (κ1) is 13.8. The molecule has 0 unspecified atom stereocenters. The molecule has 0 atom stereocenters. The first-order valence-electron chi connectivity index (χ1n) is 5.91. The lowest BCUT2D eigenvalue weighted by atomic mass is 10.3. The van der Waals surface area contributed by atoms with E-state index in [0.717, 1.165) is 18.0 Å². The molecule has 0 saturated carbocycles. The summed E-state index contributed by atoms with van der Waals surface area (Å²) in [6, 6.07) is 7.90. The van der Waals surface area contributed by atoms with Crippen molar-refractivity contribution in [2.75, 3.05) is 45.4 Å². The largest absolute Gasteiger partial charge is 0.492 e. The van der Waals surface area contributed by atoms with Gasteiger partial charge >= 0.3 is 0 Å². The number of hydrogen-bond acceptors (Lipinski definition) is 4. The summed E-state index contributed by atoms with van der Waals surface area (Å²) in [4.78, 5) is 0. The fraction of sp³-hybridized carbons (Fsp3) is 0.538. The maximum absolute atomic E-state index is 5.51. The fourth-order valence-corrected chi connectivity index (χ4v) is 1.40. The molecule has 1 aromatic rings. The summed E-state index contributed by atoms with van der Waals surface area (Å²) in [6.07, 6.45) is 0. The number of benzene rings is 1. The van der Waals surface area contributed by atoms with E-state index in [9.17, 15) is 0 Å². The summed E-state index contributed by atoms with van der Waals surface area (Å²) in [6.45, 7) is 5.33. The molecule has 0 radical (unpaired) electrons. The lowest BCUT2D eigenvalue weighted by molar-refractivity contribution is 0.0759. The molecule has 96 valence electrons. The number of rotatable bonds is 9. The first-order valence-corrected chi connectivity index (χ1v) is 5.91. The molecule has 0 aliphatic rings. The molecule has 4 heteroatoms. The third kappa shape index (κ3) is 5.56. The standard InChI is InChI=1S/C13H21NO3/c1-3-17-13-7-5-4-6-12(13)14-8-9-16-11-10-15-2/h4-7,14H,3,8-11H2,1-2H3. The summed E-state index contributed by atoms with van der Waals surface area (Å²) in [5.41, 5.74) is 1.00. The molecule has 4 nitrogen and oxygen atoms in total. The van der Waals surface area contributed by atoms with Gasteiger partial charge in [-0.3, -0.25) is 0 Å². The van der Waals surface area contributed by atoms with Crippen molar-refractivity contribution < 1.29 is 14.2 Å². The Labute approximate surface area is 103 Å². The monoisotopic (exact) mass is 239 g/mol. The highest BCUT2D eigenvalue weighted by atomic mass is 16.5. The molecule has 1 rings (SSSR count). The van der Waals surface area contributed by atoms with Crippen molar-refractivity contribution in [1.82, 2.24) is 0 Å². The Hall–Kier alpha value is -1.26. The van der Waals surface area contributed by atoms with Gasteiger partial charge in [0.25, 0.3) is 0 Å². The zero-order valence-electron chi connectivity index (χ0n) is 10.6. The molecule has 0 heterocycles. The summed E-state index contributed by atoms with van der Waals surface area (Å²) in [7, 11) is 1.67. The molecule has 0 aromatic heterocycles. The van der Waals surface area contributed by atoms with E-state index in [2.05, 4.69) is 5.32 Å². The van der Waals surface area contributed by atoms with Gasteiger partial charge < -0.3 is 19.5 Å². The highest BCUT2D eigenvalue weighted by Crippen LogP contribution is 2.23. The van der Waals surface area contributed by atoms with Crippen molar-refractivity contribution in [2.24, 2.45) is 0 Å². The SMILES string of the molecule is CCOc1ccccc1NCCOCCOC. The second-order valence-electron chi connectivity index (χ2n) is 3.46. The number of anilines is 1. The summed E-state index contributed by atoms with van der Waals surface area (Å²) >= 11 is 0. The molecular weight excluding hydrogens is 218 g/mol. The van der Waals surface area contributed by atoms with Gasteiger partial charge in [-0.25, -0.2) is 0 Å². The first-order chi connectivity index (χ1) is 8.38. The van der Waals surface area contributed by atoms with Gasteiger partial charge in [0, 0.05) is 13.7 Å². The van der Waals surface area contributed by atoms with Crippen LogP contribution in [0.3, 0.4) is 0 Å². The van der Waals surface area contributed by atoms with Crippen molar-refractivity contribution in [2.45, 2.75) is 6.92 Å². The van der Waals surface area contributed by atoms with Crippen LogP contribution in [0.25, 0.3) is 0 Å². The Balaban J connectivity index is 2.25. The van der Waals surface area contributed by atoms with E-state index >= 15 is 0 Å². The predicted octanol–water partition coefficient (Wildman–Crippen LogP) is 2.16. The quantitative estimate of drug-likeness (QED) is 0.670. The molecule has 0 amide bonds. The maximum atomic E-state index is 5.51. The van der Waals surface area contributed by atoms with Gasteiger partial charge in [-0.15, -0.1) is 0 Å². The van der Waals surface area contributed by atoms with Gasteiger partial charge in [-0.2, -0.15) is 0 Å². The molecule has 0 saturated heterocycles. The smallest absolute Gasteiger partial charge is 0.142 e.